The summed E-state index contributed by atoms with van der Waals surface area (Å²) >= 11 is 0. The van der Waals surface area contributed by atoms with Crippen LogP contribution in [-0.4, -0.2) is 96.7 Å². The van der Waals surface area contributed by atoms with Crippen molar-refractivity contribution in [1.82, 2.24) is 0 Å². The van der Waals surface area contributed by atoms with Gasteiger partial charge in [-0.3, -0.25) is 37.3 Å². The number of hydrogen-bond donors (Lipinski definition) is 3. The topological polar surface area (TPSA) is 237 Å². The molecule has 0 radical (unpaired) electrons. The summed E-state index contributed by atoms with van der Waals surface area (Å²) in [6.07, 6.45) is 80.6. The molecule has 684 valence electrons. The van der Waals surface area contributed by atoms with Gasteiger partial charge in [-0.05, 0) is 43.4 Å². The summed E-state index contributed by atoms with van der Waals surface area (Å²) in [5.74, 6) is 0.473. The van der Waals surface area contributed by atoms with Crippen LogP contribution in [-0.2, 0) is 65.4 Å². The molecule has 0 amide bonds. The van der Waals surface area contributed by atoms with Crippen molar-refractivity contribution in [2.24, 2.45) is 17.8 Å². The maximum atomic E-state index is 13.2. The Kier molecular flexibility index (Phi) is 84.2. The van der Waals surface area contributed by atoms with Crippen molar-refractivity contribution in [3.05, 3.63) is 0 Å². The molecule has 19 heteroatoms. The van der Waals surface area contributed by atoms with Crippen molar-refractivity contribution in [2.75, 3.05) is 39.6 Å². The fraction of sp³-hybridized carbons (Fsp3) is 0.958. The average molecular weight is 1680 g/mol. The van der Waals surface area contributed by atoms with Gasteiger partial charge in [0.25, 0.3) is 0 Å². The van der Waals surface area contributed by atoms with Gasteiger partial charge in [0.2, 0.25) is 0 Å². The van der Waals surface area contributed by atoms with Crippen LogP contribution in [0.25, 0.3) is 0 Å². The molecular weight excluding hydrogens is 1490 g/mol. The number of phosphoric ester groups is 2. The van der Waals surface area contributed by atoms with Crippen LogP contribution >= 0.6 is 15.6 Å². The third-order valence-corrected chi connectivity index (χ3v) is 25.3. The van der Waals surface area contributed by atoms with Crippen LogP contribution in [0, 0.1) is 17.8 Å². The summed E-state index contributed by atoms with van der Waals surface area (Å²) in [7, 11) is -9.94. The van der Waals surface area contributed by atoms with E-state index in [2.05, 4.69) is 48.5 Å². The normalized spacial score (nSPS) is 14.2. The second-order valence-corrected chi connectivity index (χ2v) is 38.3. The van der Waals surface area contributed by atoms with Crippen molar-refractivity contribution in [1.29, 1.82) is 0 Å². The molecule has 7 atom stereocenters. The van der Waals surface area contributed by atoms with Gasteiger partial charge < -0.3 is 33.8 Å². The molecule has 0 saturated carbocycles. The van der Waals surface area contributed by atoms with Crippen LogP contribution in [0.5, 0.6) is 0 Å². The smallest absolute Gasteiger partial charge is 0.462 e. The van der Waals surface area contributed by atoms with E-state index in [0.29, 0.717) is 25.7 Å². The van der Waals surface area contributed by atoms with Gasteiger partial charge in [-0.25, -0.2) is 9.13 Å². The highest BCUT2D eigenvalue weighted by Gasteiger charge is 2.31. The van der Waals surface area contributed by atoms with Crippen molar-refractivity contribution in [3.8, 4) is 0 Å². The zero-order chi connectivity index (χ0) is 84.3. The van der Waals surface area contributed by atoms with Gasteiger partial charge in [0.15, 0.2) is 12.2 Å². The summed E-state index contributed by atoms with van der Waals surface area (Å²) < 4.78 is 69.2. The molecule has 0 rings (SSSR count). The van der Waals surface area contributed by atoms with Crippen molar-refractivity contribution in [3.63, 3.8) is 0 Å². The van der Waals surface area contributed by atoms with E-state index in [-0.39, 0.29) is 25.7 Å². The molecule has 0 heterocycles. The predicted octanol–water partition coefficient (Wildman–Crippen LogP) is 30.0. The van der Waals surface area contributed by atoms with Crippen LogP contribution in [0.1, 0.15) is 517 Å². The standard InChI is InChI=1S/C96H188O17P2/c1-8-11-12-13-14-15-49-56-63-70-77-93(98)106-83-91(112-95(100)79-72-65-58-51-44-38-32-26-19-16-22-28-34-40-46-53-60-67-74-87(4)5)85-110-114(102,103)108-81-90(97)82-109-115(104,105)111-86-92(113-96(101)80-73-66-59-52-45-39-33-27-21-18-24-30-36-42-48-55-62-69-76-89(7)10-3)84-107-94(99)78-71-64-57-50-43-37-31-25-20-17-23-29-35-41-47-54-61-68-75-88(6)9-2/h87-92,97H,8-86H2,1-7H3,(H,102,103)(H,104,105)/t88?,89?,90-,91+,92+/m0/s1. The Morgan fingerprint density at radius 2 is 0.443 bits per heavy atom. The number of aliphatic hydroxyl groups excluding tert-OH is 1. The maximum absolute atomic E-state index is 13.2. The van der Waals surface area contributed by atoms with Crippen LogP contribution in [0.2, 0.25) is 0 Å². The molecular formula is C96H188O17P2. The van der Waals surface area contributed by atoms with Crippen molar-refractivity contribution >= 4 is 39.5 Å². The van der Waals surface area contributed by atoms with Gasteiger partial charge in [0.1, 0.15) is 19.3 Å². The number of carbonyl (C=O) groups excluding carboxylic acids is 4. The van der Waals surface area contributed by atoms with Crippen LogP contribution in [0.4, 0.5) is 0 Å². The minimum Gasteiger partial charge on any atom is -0.462 e. The summed E-state index contributed by atoms with van der Waals surface area (Å²) in [5, 5.41) is 10.7. The number of aliphatic hydroxyl groups is 1. The Labute approximate surface area is 708 Å². The minimum atomic E-state index is -4.97. The van der Waals surface area contributed by atoms with E-state index < -0.39 is 97.5 Å². The van der Waals surface area contributed by atoms with Gasteiger partial charge in [-0.1, -0.05) is 466 Å². The van der Waals surface area contributed by atoms with E-state index in [4.69, 9.17) is 37.0 Å². The highest BCUT2D eigenvalue weighted by Crippen LogP contribution is 2.45. The molecule has 0 aliphatic heterocycles. The van der Waals surface area contributed by atoms with E-state index in [1.165, 1.54) is 327 Å². The minimum absolute atomic E-state index is 0.109. The number of carbonyl (C=O) groups is 4. The second kappa shape index (κ2) is 85.6. The summed E-state index contributed by atoms with van der Waals surface area (Å²) in [5.41, 5.74) is 0. The van der Waals surface area contributed by atoms with Crippen LogP contribution in [0.15, 0.2) is 0 Å². The second-order valence-electron chi connectivity index (χ2n) is 35.4. The van der Waals surface area contributed by atoms with Gasteiger partial charge in [-0.15, -0.1) is 0 Å². The van der Waals surface area contributed by atoms with E-state index >= 15 is 0 Å². The molecule has 115 heavy (non-hydrogen) atoms. The lowest BCUT2D eigenvalue weighted by atomic mass is 9.99. The monoisotopic (exact) mass is 1680 g/mol. The third kappa shape index (κ3) is 86.8. The predicted molar refractivity (Wildman–Crippen MR) is 478 cm³/mol. The summed E-state index contributed by atoms with van der Waals surface area (Å²) in [6, 6.07) is 0. The van der Waals surface area contributed by atoms with Gasteiger partial charge in [-0.2, -0.15) is 0 Å². The number of rotatable bonds is 94. The number of phosphoric acid groups is 2. The van der Waals surface area contributed by atoms with Crippen molar-refractivity contribution in [2.45, 2.75) is 535 Å². The molecule has 17 nitrogen and oxygen atoms in total. The molecule has 3 N–H and O–H groups in total. The zero-order valence-electron chi connectivity index (χ0n) is 76.3. The molecule has 0 aromatic heterocycles. The van der Waals surface area contributed by atoms with Crippen LogP contribution in [0.3, 0.4) is 0 Å². The molecule has 0 aliphatic rings. The van der Waals surface area contributed by atoms with Crippen molar-refractivity contribution < 1.29 is 80.2 Å². The molecule has 0 spiro atoms. The van der Waals surface area contributed by atoms with E-state index in [1.807, 2.05) is 0 Å². The zero-order valence-corrected chi connectivity index (χ0v) is 78.1. The lowest BCUT2D eigenvalue weighted by Crippen LogP contribution is -2.30. The first-order valence-corrected chi connectivity index (χ1v) is 52.4. The molecule has 0 aromatic carbocycles. The number of hydrogen-bond acceptors (Lipinski definition) is 15. The first-order valence-electron chi connectivity index (χ1n) is 49.4. The van der Waals surface area contributed by atoms with Crippen LogP contribution < -0.4 is 0 Å². The number of ether oxygens (including phenoxy) is 4. The lowest BCUT2D eigenvalue weighted by molar-refractivity contribution is -0.161. The highest BCUT2D eigenvalue weighted by molar-refractivity contribution is 7.47. The van der Waals surface area contributed by atoms with Gasteiger partial charge in [0, 0.05) is 25.7 Å². The molecule has 4 unspecified atom stereocenters. The molecule has 0 bridgehead atoms. The number of esters is 4. The Morgan fingerprint density at radius 3 is 0.661 bits per heavy atom. The van der Waals surface area contributed by atoms with E-state index in [9.17, 15) is 43.2 Å². The summed E-state index contributed by atoms with van der Waals surface area (Å²) in [6.45, 7) is 12.2. The Morgan fingerprint density at radius 1 is 0.252 bits per heavy atom. The Bertz CT molecular complexity index is 2200. The Balaban J connectivity index is 5.20. The van der Waals surface area contributed by atoms with E-state index in [0.717, 1.165) is 108 Å². The first-order chi connectivity index (χ1) is 55.8. The van der Waals surface area contributed by atoms with E-state index in [1.54, 1.807) is 0 Å². The quantitative estimate of drug-likeness (QED) is 0.0222. The largest absolute Gasteiger partial charge is 0.472 e. The SMILES string of the molecule is CCCCCCCCCCCCC(=O)OC[C@H](COP(=O)(O)OC[C@H](O)COP(=O)(O)OC[C@@H](COC(=O)CCCCCCCCCCCCCCCCCCCCC(C)CC)OC(=O)CCCCCCCCCCCCCCCCCCCCC(C)CC)OC(=O)CCCCCCCCCCCCCCCCCCCCC(C)C. The van der Waals surface area contributed by atoms with Gasteiger partial charge in [0.05, 0.1) is 26.4 Å². The fourth-order valence-electron chi connectivity index (χ4n) is 15.1. The highest BCUT2D eigenvalue weighted by atomic mass is 31.2. The first kappa shape index (κ1) is 113. The Hall–Kier alpha value is -1.94. The lowest BCUT2D eigenvalue weighted by Gasteiger charge is -2.21. The molecule has 0 aromatic rings. The average Bonchev–Trinajstić information content (AvgIpc) is 0.907. The maximum Gasteiger partial charge on any atom is 0.472 e. The summed E-state index contributed by atoms with van der Waals surface area (Å²) in [4.78, 5) is 73.5. The molecule has 0 saturated heterocycles. The van der Waals surface area contributed by atoms with Gasteiger partial charge >= 0.3 is 39.5 Å². The molecule has 0 fully saturated rings. The third-order valence-electron chi connectivity index (χ3n) is 23.4. The number of unbranched alkanes of at least 4 members (excludes halogenated alkanes) is 60. The fourth-order valence-corrected chi connectivity index (χ4v) is 16.7. The molecule has 0 aliphatic carbocycles.